The molecule has 6 rings (SSSR count). The summed E-state index contributed by atoms with van der Waals surface area (Å²) < 4.78 is 30.1. The average Bonchev–Trinajstić information content (AvgIpc) is 3.61. The molecule has 0 aromatic heterocycles. The van der Waals surface area contributed by atoms with Crippen LogP contribution < -0.4 is 10.2 Å². The zero-order valence-electron chi connectivity index (χ0n) is 22.5. The lowest BCUT2D eigenvalue weighted by Crippen LogP contribution is -2.62. The molecule has 0 radical (unpaired) electrons. The molecule has 0 aliphatic carbocycles. The van der Waals surface area contributed by atoms with Crippen molar-refractivity contribution in [3.05, 3.63) is 117 Å². The number of para-hydroxylation sites is 2. The van der Waals surface area contributed by atoms with Crippen molar-refractivity contribution in [3.8, 4) is 0 Å². The van der Waals surface area contributed by atoms with E-state index < -0.39 is 31.9 Å². The molecule has 1 fully saturated rings. The Bertz CT molecular complexity index is 1770. The lowest BCUT2D eigenvalue weighted by molar-refractivity contribution is -0.384. The van der Waals surface area contributed by atoms with Gasteiger partial charge < -0.3 is 10.2 Å². The number of azide groups is 1. The van der Waals surface area contributed by atoms with Crippen molar-refractivity contribution in [1.29, 1.82) is 0 Å². The van der Waals surface area contributed by atoms with Gasteiger partial charge in [-0.25, -0.2) is 8.42 Å². The molecular weight excluding hydrogens is 558 g/mol. The van der Waals surface area contributed by atoms with Crippen molar-refractivity contribution in [2.75, 3.05) is 29.9 Å². The van der Waals surface area contributed by atoms with E-state index in [4.69, 9.17) is 5.53 Å². The number of fused-ring (bicyclic) bond motifs is 4. The van der Waals surface area contributed by atoms with E-state index in [2.05, 4.69) is 21.9 Å². The van der Waals surface area contributed by atoms with Crippen molar-refractivity contribution >= 4 is 33.0 Å². The number of rotatable bonds is 9. The van der Waals surface area contributed by atoms with Crippen LogP contribution in [0.4, 0.5) is 17.1 Å². The van der Waals surface area contributed by atoms with Gasteiger partial charge in [0.25, 0.3) is 5.69 Å². The summed E-state index contributed by atoms with van der Waals surface area (Å²) in [6, 6.07) is 19.8. The molecule has 1 N–H and O–H groups in total. The van der Waals surface area contributed by atoms with Gasteiger partial charge in [-0.2, -0.15) is 4.31 Å². The first-order valence-corrected chi connectivity index (χ1v) is 14.8. The number of nitro groups is 1. The minimum absolute atomic E-state index is 0.0193. The summed E-state index contributed by atoms with van der Waals surface area (Å²) in [5, 5.41) is 18.1. The lowest BCUT2D eigenvalue weighted by atomic mass is 9.55. The normalized spacial score (nSPS) is 24.3. The number of sulfonamides is 1. The number of nitrogens with one attached hydrogen (secondary N) is 1. The third-order valence-electron chi connectivity index (χ3n) is 8.84. The maximum atomic E-state index is 14.4. The Morgan fingerprint density at radius 1 is 1.12 bits per heavy atom. The molecule has 13 heteroatoms. The number of nitrogens with zero attached hydrogens (tertiary/aromatic N) is 6. The quantitative estimate of drug-likeness (QED) is 0.0943. The van der Waals surface area contributed by atoms with Crippen LogP contribution in [0.3, 0.4) is 0 Å². The topological polar surface area (TPSA) is 162 Å². The highest BCUT2D eigenvalue weighted by Crippen LogP contribution is 2.65. The predicted molar refractivity (Wildman–Crippen MR) is 156 cm³/mol. The molecule has 1 amide bonds. The highest BCUT2D eigenvalue weighted by atomic mass is 32.2. The fourth-order valence-corrected chi connectivity index (χ4v) is 8.97. The molecule has 3 aliphatic heterocycles. The largest absolute Gasteiger partial charge is 0.350 e. The first kappa shape index (κ1) is 27.5. The van der Waals surface area contributed by atoms with Gasteiger partial charge in [0.15, 0.2) is 0 Å². The van der Waals surface area contributed by atoms with E-state index >= 15 is 0 Å². The van der Waals surface area contributed by atoms with Crippen LogP contribution in [0.25, 0.3) is 10.4 Å². The maximum absolute atomic E-state index is 14.4. The second-order valence-electron chi connectivity index (χ2n) is 10.5. The Morgan fingerprint density at radius 3 is 2.50 bits per heavy atom. The number of anilines is 2. The minimum atomic E-state index is -4.20. The molecule has 0 spiro atoms. The van der Waals surface area contributed by atoms with E-state index in [-0.39, 0.29) is 36.0 Å². The number of carbonyl (C=O) groups is 1. The molecule has 3 atom stereocenters. The summed E-state index contributed by atoms with van der Waals surface area (Å²) in [7, 11) is -4.20. The Balaban J connectivity index is 1.62. The Hall–Kier alpha value is -4.71. The average molecular weight is 586 g/mol. The highest BCUT2D eigenvalue weighted by molar-refractivity contribution is 7.89. The summed E-state index contributed by atoms with van der Waals surface area (Å²) in [4.78, 5) is 29.8. The van der Waals surface area contributed by atoms with Crippen molar-refractivity contribution in [3.63, 3.8) is 0 Å². The van der Waals surface area contributed by atoms with E-state index in [9.17, 15) is 23.3 Å². The molecule has 42 heavy (non-hydrogen) atoms. The third-order valence-corrected chi connectivity index (χ3v) is 10.7. The summed E-state index contributed by atoms with van der Waals surface area (Å²) in [5.74, 6) is -0.285. The maximum Gasteiger partial charge on any atom is 0.269 e. The number of nitro benzene ring substituents is 1. The number of hydrogen-bond donors (Lipinski definition) is 1. The van der Waals surface area contributed by atoms with Gasteiger partial charge in [0.05, 0.1) is 20.6 Å². The molecule has 12 nitrogen and oxygen atoms in total. The fourth-order valence-electron chi connectivity index (χ4n) is 7.33. The Morgan fingerprint density at radius 2 is 1.81 bits per heavy atom. The van der Waals surface area contributed by atoms with E-state index in [1.807, 2.05) is 53.4 Å². The Labute approximate surface area is 242 Å². The highest BCUT2D eigenvalue weighted by Gasteiger charge is 2.72. The zero-order chi connectivity index (χ0) is 29.7. The van der Waals surface area contributed by atoms with Crippen LogP contribution in [-0.4, -0.2) is 49.4 Å². The SMILES string of the molecule is C=CCN1c2ccccc2C2([C@@]3(CCN=[N+]=[N-])C(=O)Nc4ccccc43)CCN(S(=O)(=O)c3ccc([N+](=O)[O-])cc3)[C@@H]12. The Kier molecular flexibility index (Phi) is 6.53. The second kappa shape index (κ2) is 9.98. The van der Waals surface area contributed by atoms with E-state index in [1.165, 1.54) is 28.6 Å². The summed E-state index contributed by atoms with van der Waals surface area (Å²) >= 11 is 0. The fraction of sp³-hybridized carbons (Fsp3) is 0.276. The van der Waals surface area contributed by atoms with Crippen molar-refractivity contribution < 1.29 is 18.1 Å². The molecule has 1 saturated heterocycles. The molecule has 214 valence electrons. The molecular formula is C29H27N7O5S. The molecule has 0 bridgehead atoms. The van der Waals surface area contributed by atoms with Gasteiger partial charge in [-0.15, -0.1) is 6.58 Å². The monoisotopic (exact) mass is 585 g/mol. The van der Waals surface area contributed by atoms with E-state index in [0.29, 0.717) is 18.7 Å². The van der Waals surface area contributed by atoms with Crippen LogP contribution in [0, 0.1) is 10.1 Å². The van der Waals surface area contributed by atoms with Crippen LogP contribution in [0.2, 0.25) is 0 Å². The molecule has 3 heterocycles. The van der Waals surface area contributed by atoms with Crippen LogP contribution in [0.15, 0.2) is 95.5 Å². The van der Waals surface area contributed by atoms with Gasteiger partial charge in [-0.3, -0.25) is 14.9 Å². The van der Waals surface area contributed by atoms with Crippen LogP contribution in [0.5, 0.6) is 0 Å². The standard InChI is InChI=1S/C29H27N7O5S/c1-2-18-34-25-10-6-4-8-23(25)29(28(15-17-31-33-30)22-7-3-5-9-24(22)32-26(28)37)16-19-35(27(29)34)42(40,41)21-13-11-20(12-14-21)36(38)39/h2-14,27H,1,15-19H2,(H,32,37)/t27-,28-,29?/m1/s1. The molecule has 1 unspecified atom stereocenters. The van der Waals surface area contributed by atoms with E-state index in [1.54, 1.807) is 6.08 Å². The van der Waals surface area contributed by atoms with Crippen molar-refractivity contribution in [2.24, 2.45) is 5.11 Å². The smallest absolute Gasteiger partial charge is 0.269 e. The van der Waals surface area contributed by atoms with Gasteiger partial charge in [0, 0.05) is 48.1 Å². The third kappa shape index (κ3) is 3.60. The van der Waals surface area contributed by atoms with Gasteiger partial charge in [0.1, 0.15) is 6.17 Å². The van der Waals surface area contributed by atoms with Gasteiger partial charge >= 0.3 is 0 Å². The summed E-state index contributed by atoms with van der Waals surface area (Å²) in [6.45, 7) is 4.33. The first-order chi connectivity index (χ1) is 20.2. The van der Waals surface area contributed by atoms with Crippen molar-refractivity contribution in [1.82, 2.24) is 4.31 Å². The zero-order valence-corrected chi connectivity index (χ0v) is 23.3. The van der Waals surface area contributed by atoms with Gasteiger partial charge in [-0.1, -0.05) is 47.6 Å². The summed E-state index contributed by atoms with van der Waals surface area (Å²) in [6.07, 6.45) is 1.29. The molecule has 3 aromatic carbocycles. The van der Waals surface area contributed by atoms with Crippen LogP contribution in [0.1, 0.15) is 24.0 Å². The number of carbonyl (C=O) groups excluding carboxylic acids is 1. The van der Waals surface area contributed by atoms with Crippen LogP contribution in [-0.2, 0) is 25.6 Å². The molecule has 3 aromatic rings. The number of non-ortho nitro benzene ring substituents is 1. The lowest BCUT2D eigenvalue weighted by Gasteiger charge is -2.47. The second-order valence-corrected chi connectivity index (χ2v) is 12.4. The van der Waals surface area contributed by atoms with E-state index in [0.717, 1.165) is 16.8 Å². The first-order valence-electron chi connectivity index (χ1n) is 13.4. The number of amides is 1. The van der Waals surface area contributed by atoms with Crippen molar-refractivity contribution in [2.45, 2.75) is 34.7 Å². The predicted octanol–water partition coefficient (Wildman–Crippen LogP) is 4.85. The van der Waals surface area contributed by atoms with Crippen LogP contribution >= 0.6 is 0 Å². The summed E-state index contributed by atoms with van der Waals surface area (Å²) in [5.41, 5.74) is 9.52. The number of benzene rings is 3. The number of hydrogen-bond acceptors (Lipinski definition) is 7. The molecule has 0 saturated carbocycles. The minimum Gasteiger partial charge on any atom is -0.350 e. The van der Waals surface area contributed by atoms with Gasteiger partial charge in [-0.05, 0) is 53.8 Å². The molecule has 3 aliphatic rings. The van der Waals surface area contributed by atoms with Gasteiger partial charge in [0.2, 0.25) is 15.9 Å².